The van der Waals surface area contributed by atoms with E-state index in [1.54, 1.807) is 7.11 Å². The Morgan fingerprint density at radius 3 is 3.00 bits per heavy atom. The fourth-order valence-electron chi connectivity index (χ4n) is 1.41. The number of carboxylic acids is 1. The second-order valence-electron chi connectivity index (χ2n) is 3.87. The second kappa shape index (κ2) is 6.05. The van der Waals surface area contributed by atoms with Crippen LogP contribution in [0.25, 0.3) is 0 Å². The molecule has 0 aliphatic carbocycles. The van der Waals surface area contributed by atoms with Gasteiger partial charge in [0.05, 0.1) is 17.9 Å². The molecule has 0 fully saturated rings. The smallest absolute Gasteiger partial charge is 0.337 e. The van der Waals surface area contributed by atoms with Crippen molar-refractivity contribution in [2.24, 2.45) is 5.92 Å². The largest absolute Gasteiger partial charge is 0.478 e. The number of ether oxygens (including phenoxy) is 1. The monoisotopic (exact) mass is 239 g/mol. The third-order valence-electron chi connectivity index (χ3n) is 2.29. The van der Waals surface area contributed by atoms with Gasteiger partial charge in [-0.15, -0.1) is 0 Å². The van der Waals surface area contributed by atoms with Gasteiger partial charge in [0.15, 0.2) is 0 Å². The summed E-state index contributed by atoms with van der Waals surface area (Å²) in [4.78, 5) is 14.9. The average Bonchev–Trinajstić information content (AvgIpc) is 2.27. The van der Waals surface area contributed by atoms with Gasteiger partial charge in [0, 0.05) is 19.9 Å². The molecule has 0 saturated heterocycles. The summed E-state index contributed by atoms with van der Waals surface area (Å²) in [5, 5.41) is 11.9. The molecule has 1 unspecified atom stereocenters. The number of nitrogens with one attached hydrogen (secondary N) is 1. The van der Waals surface area contributed by atoms with Crippen LogP contribution in [0.3, 0.4) is 0 Å². The summed E-state index contributed by atoms with van der Waals surface area (Å²) in [7, 11) is 1.63. The maximum atomic E-state index is 10.9. The Morgan fingerprint density at radius 1 is 1.71 bits per heavy atom. The van der Waals surface area contributed by atoms with Crippen LogP contribution in [0.1, 0.15) is 17.3 Å². The molecule has 0 saturated carbocycles. The number of methoxy groups -OCH3 is 1. The molecular formula is C11H17N3O3. The van der Waals surface area contributed by atoms with E-state index in [0.717, 1.165) is 0 Å². The quantitative estimate of drug-likeness (QED) is 0.686. The minimum Gasteiger partial charge on any atom is -0.478 e. The van der Waals surface area contributed by atoms with Crippen LogP contribution in [-0.2, 0) is 4.74 Å². The number of nitrogen functional groups attached to an aromatic ring is 1. The van der Waals surface area contributed by atoms with Crippen molar-refractivity contribution in [1.29, 1.82) is 0 Å². The van der Waals surface area contributed by atoms with Crippen molar-refractivity contribution < 1.29 is 14.6 Å². The summed E-state index contributed by atoms with van der Waals surface area (Å²) in [6.45, 7) is 3.24. The molecule has 0 bridgehead atoms. The van der Waals surface area contributed by atoms with E-state index < -0.39 is 5.97 Å². The number of carbonyl (C=O) groups is 1. The molecule has 4 N–H and O–H groups in total. The van der Waals surface area contributed by atoms with Gasteiger partial charge >= 0.3 is 5.97 Å². The number of hydrogen-bond acceptors (Lipinski definition) is 5. The highest BCUT2D eigenvalue weighted by molar-refractivity contribution is 5.96. The molecule has 0 aliphatic heterocycles. The number of nitrogens with zero attached hydrogens (tertiary/aromatic N) is 1. The fourth-order valence-corrected chi connectivity index (χ4v) is 1.41. The Hall–Kier alpha value is -1.82. The lowest BCUT2D eigenvalue weighted by molar-refractivity contribution is 0.0698. The van der Waals surface area contributed by atoms with E-state index in [0.29, 0.717) is 19.0 Å². The van der Waals surface area contributed by atoms with Crippen molar-refractivity contribution in [2.45, 2.75) is 6.92 Å². The molecule has 0 radical (unpaired) electrons. The molecular weight excluding hydrogens is 222 g/mol. The molecule has 6 nitrogen and oxygen atoms in total. The van der Waals surface area contributed by atoms with Crippen molar-refractivity contribution in [3.05, 3.63) is 17.8 Å². The Kier molecular flexibility index (Phi) is 4.71. The van der Waals surface area contributed by atoms with Crippen LogP contribution in [0, 0.1) is 5.92 Å². The SMILES string of the molecule is COCC(C)CNc1nccc(C(=O)O)c1N. The predicted octanol–water partition coefficient (Wildman–Crippen LogP) is 1.06. The van der Waals surface area contributed by atoms with Crippen molar-refractivity contribution in [1.82, 2.24) is 4.98 Å². The highest BCUT2D eigenvalue weighted by atomic mass is 16.5. The minimum absolute atomic E-state index is 0.0573. The zero-order valence-corrected chi connectivity index (χ0v) is 9.93. The van der Waals surface area contributed by atoms with E-state index in [1.807, 2.05) is 6.92 Å². The van der Waals surface area contributed by atoms with Crippen LogP contribution in [0.2, 0.25) is 0 Å². The third kappa shape index (κ3) is 3.60. The molecule has 0 amide bonds. The zero-order chi connectivity index (χ0) is 12.8. The molecule has 0 spiro atoms. The van der Waals surface area contributed by atoms with Crippen LogP contribution >= 0.6 is 0 Å². The van der Waals surface area contributed by atoms with Crippen LogP contribution in [0.5, 0.6) is 0 Å². The van der Waals surface area contributed by atoms with Gasteiger partial charge < -0.3 is 20.9 Å². The number of carboxylic acid groups (broad SMARTS) is 1. The lowest BCUT2D eigenvalue weighted by Gasteiger charge is -2.13. The summed E-state index contributed by atoms with van der Waals surface area (Å²) in [5.41, 5.74) is 5.92. The van der Waals surface area contributed by atoms with E-state index >= 15 is 0 Å². The molecule has 1 atom stereocenters. The summed E-state index contributed by atoms with van der Waals surface area (Å²) in [5.74, 6) is -0.375. The zero-order valence-electron chi connectivity index (χ0n) is 9.93. The highest BCUT2D eigenvalue weighted by Gasteiger charge is 2.12. The number of aromatic nitrogens is 1. The van der Waals surface area contributed by atoms with Crippen LogP contribution in [0.4, 0.5) is 11.5 Å². The predicted molar refractivity (Wildman–Crippen MR) is 65.1 cm³/mol. The topological polar surface area (TPSA) is 97.5 Å². The van der Waals surface area contributed by atoms with E-state index in [9.17, 15) is 4.79 Å². The summed E-state index contributed by atoms with van der Waals surface area (Å²) in [6, 6.07) is 1.38. The first-order chi connectivity index (χ1) is 8.06. The molecule has 0 aliphatic rings. The highest BCUT2D eigenvalue weighted by Crippen LogP contribution is 2.20. The molecule has 17 heavy (non-hydrogen) atoms. The summed E-state index contributed by atoms with van der Waals surface area (Å²) >= 11 is 0. The van der Waals surface area contributed by atoms with Crippen LogP contribution in [0.15, 0.2) is 12.3 Å². The van der Waals surface area contributed by atoms with Gasteiger partial charge in [0.1, 0.15) is 5.82 Å². The van der Waals surface area contributed by atoms with Gasteiger partial charge in [-0.3, -0.25) is 0 Å². The standard InChI is InChI=1S/C11H17N3O3/c1-7(6-17-2)5-14-10-9(12)8(11(15)16)3-4-13-10/h3-4,7H,5-6,12H2,1-2H3,(H,13,14)(H,15,16). The van der Waals surface area contributed by atoms with Gasteiger partial charge in [0.2, 0.25) is 0 Å². The molecule has 1 aromatic heterocycles. The molecule has 1 aromatic rings. The lowest BCUT2D eigenvalue weighted by atomic mass is 10.2. The molecule has 1 heterocycles. The van der Waals surface area contributed by atoms with E-state index in [-0.39, 0.29) is 17.2 Å². The fraction of sp³-hybridized carbons (Fsp3) is 0.455. The summed E-state index contributed by atoms with van der Waals surface area (Å²) in [6.07, 6.45) is 1.42. The number of anilines is 2. The van der Waals surface area contributed by atoms with E-state index in [1.165, 1.54) is 12.3 Å². The number of pyridine rings is 1. The van der Waals surface area contributed by atoms with Crippen LogP contribution < -0.4 is 11.1 Å². The molecule has 1 rings (SSSR count). The molecule has 94 valence electrons. The Morgan fingerprint density at radius 2 is 2.41 bits per heavy atom. The van der Waals surface area contributed by atoms with Crippen molar-refractivity contribution in [2.75, 3.05) is 31.3 Å². The maximum Gasteiger partial charge on any atom is 0.337 e. The third-order valence-corrected chi connectivity index (χ3v) is 2.29. The van der Waals surface area contributed by atoms with Crippen molar-refractivity contribution >= 4 is 17.5 Å². The molecule has 6 heteroatoms. The number of aromatic carboxylic acids is 1. The average molecular weight is 239 g/mol. The van der Waals surface area contributed by atoms with Crippen molar-refractivity contribution in [3.8, 4) is 0 Å². The number of rotatable bonds is 6. The van der Waals surface area contributed by atoms with E-state index in [2.05, 4.69) is 10.3 Å². The number of nitrogens with two attached hydrogens (primary N) is 1. The number of hydrogen-bond donors (Lipinski definition) is 3. The Bertz CT molecular complexity index is 396. The first-order valence-electron chi connectivity index (χ1n) is 5.26. The second-order valence-corrected chi connectivity index (χ2v) is 3.87. The van der Waals surface area contributed by atoms with Crippen LogP contribution in [-0.4, -0.2) is 36.3 Å². The first kappa shape index (κ1) is 13.2. The Labute approximate surface area is 99.8 Å². The maximum absolute atomic E-state index is 10.9. The Balaban J connectivity index is 2.72. The summed E-state index contributed by atoms with van der Waals surface area (Å²) < 4.78 is 5.00. The first-order valence-corrected chi connectivity index (χ1v) is 5.26. The lowest BCUT2D eigenvalue weighted by Crippen LogP contribution is -2.18. The van der Waals surface area contributed by atoms with Gasteiger partial charge in [-0.05, 0) is 12.0 Å². The van der Waals surface area contributed by atoms with Gasteiger partial charge in [-0.25, -0.2) is 9.78 Å². The van der Waals surface area contributed by atoms with E-state index in [4.69, 9.17) is 15.6 Å². The van der Waals surface area contributed by atoms with Crippen molar-refractivity contribution in [3.63, 3.8) is 0 Å². The molecule has 0 aromatic carbocycles. The normalized spacial score (nSPS) is 12.1. The van der Waals surface area contributed by atoms with Gasteiger partial charge in [-0.1, -0.05) is 6.92 Å². The minimum atomic E-state index is -1.06. The van der Waals surface area contributed by atoms with Gasteiger partial charge in [0.25, 0.3) is 0 Å². The van der Waals surface area contributed by atoms with Gasteiger partial charge in [-0.2, -0.15) is 0 Å².